The van der Waals surface area contributed by atoms with Gasteiger partial charge in [0.1, 0.15) is 5.01 Å². The molecule has 1 amide bonds. The molecule has 1 saturated heterocycles. The molecule has 1 aliphatic rings. The van der Waals surface area contributed by atoms with Gasteiger partial charge in [-0.25, -0.2) is 4.98 Å². The van der Waals surface area contributed by atoms with E-state index in [4.69, 9.17) is 0 Å². The second kappa shape index (κ2) is 8.93. The van der Waals surface area contributed by atoms with Crippen LogP contribution in [0.5, 0.6) is 0 Å². The highest BCUT2D eigenvalue weighted by Gasteiger charge is 2.26. The zero-order valence-electron chi connectivity index (χ0n) is 12.8. The van der Waals surface area contributed by atoms with Crippen LogP contribution in [0.15, 0.2) is 6.20 Å². The van der Waals surface area contributed by atoms with E-state index in [9.17, 15) is 4.79 Å². The van der Waals surface area contributed by atoms with Crippen molar-refractivity contribution in [3.63, 3.8) is 0 Å². The van der Waals surface area contributed by atoms with Crippen LogP contribution < -0.4 is 10.6 Å². The van der Waals surface area contributed by atoms with E-state index in [-0.39, 0.29) is 36.3 Å². The van der Waals surface area contributed by atoms with E-state index in [0.717, 1.165) is 24.5 Å². The van der Waals surface area contributed by atoms with E-state index < -0.39 is 0 Å². The Morgan fingerprint density at radius 2 is 2.24 bits per heavy atom. The molecule has 0 bridgehead atoms. The van der Waals surface area contributed by atoms with Gasteiger partial charge in [-0.05, 0) is 52.6 Å². The highest BCUT2D eigenvalue weighted by molar-refractivity contribution is 7.11. The number of rotatable bonds is 5. The Morgan fingerprint density at radius 3 is 2.76 bits per heavy atom. The Kier molecular flexibility index (Phi) is 8.78. The molecule has 7 heteroatoms. The Balaban J connectivity index is 0.00000200. The van der Waals surface area contributed by atoms with Crippen LogP contribution in [-0.2, 0) is 10.3 Å². The predicted octanol–water partition coefficient (Wildman–Crippen LogP) is 3.04. The third-order valence-electron chi connectivity index (χ3n) is 3.55. The van der Waals surface area contributed by atoms with Gasteiger partial charge in [0, 0.05) is 17.5 Å². The number of hydrogen-bond donors (Lipinski definition) is 2. The summed E-state index contributed by atoms with van der Waals surface area (Å²) in [6, 6.07) is 0. The number of halogens is 2. The van der Waals surface area contributed by atoms with Gasteiger partial charge in [-0.2, -0.15) is 0 Å². The summed E-state index contributed by atoms with van der Waals surface area (Å²) in [6.07, 6.45) is 4.65. The maximum absolute atomic E-state index is 12.0. The Morgan fingerprint density at radius 1 is 1.52 bits per heavy atom. The number of thiazole rings is 1. The zero-order valence-corrected chi connectivity index (χ0v) is 15.2. The van der Waals surface area contributed by atoms with Crippen LogP contribution in [-0.4, -0.2) is 24.0 Å². The minimum Gasteiger partial charge on any atom is -0.345 e. The fraction of sp³-hybridized carbons (Fsp3) is 0.714. The first-order valence-corrected chi connectivity index (χ1v) is 7.73. The van der Waals surface area contributed by atoms with Crippen molar-refractivity contribution < 1.29 is 4.79 Å². The lowest BCUT2D eigenvalue weighted by Crippen LogP contribution is -2.41. The summed E-state index contributed by atoms with van der Waals surface area (Å²) in [4.78, 5) is 17.6. The molecule has 1 unspecified atom stereocenters. The predicted molar refractivity (Wildman–Crippen MR) is 92.7 cm³/mol. The highest BCUT2D eigenvalue weighted by atomic mass is 35.5. The molecule has 2 rings (SSSR count). The second-order valence-electron chi connectivity index (χ2n) is 5.85. The maximum atomic E-state index is 12.0. The molecule has 122 valence electrons. The summed E-state index contributed by atoms with van der Waals surface area (Å²) in [7, 11) is 0. The third kappa shape index (κ3) is 6.10. The van der Waals surface area contributed by atoms with Gasteiger partial charge in [0.05, 0.1) is 5.54 Å². The van der Waals surface area contributed by atoms with Crippen LogP contribution in [0.4, 0.5) is 0 Å². The quantitative estimate of drug-likeness (QED) is 0.855. The third-order valence-corrected chi connectivity index (χ3v) is 4.79. The lowest BCUT2D eigenvalue weighted by molar-refractivity contribution is -0.123. The van der Waals surface area contributed by atoms with Gasteiger partial charge in [0.2, 0.25) is 5.91 Å². The van der Waals surface area contributed by atoms with E-state index >= 15 is 0 Å². The number of nitrogens with zero attached hydrogens (tertiary/aromatic N) is 1. The SMILES string of the molecule is Cc1cnc(C(C)(C)NC(=O)CCC2CCNC2)s1.Cl.Cl. The van der Waals surface area contributed by atoms with Gasteiger partial charge in [-0.1, -0.05) is 0 Å². The van der Waals surface area contributed by atoms with Gasteiger partial charge >= 0.3 is 0 Å². The van der Waals surface area contributed by atoms with E-state index in [1.807, 2.05) is 27.0 Å². The van der Waals surface area contributed by atoms with Crippen LogP contribution in [0.2, 0.25) is 0 Å². The molecule has 2 N–H and O–H groups in total. The number of aryl methyl sites for hydroxylation is 1. The molecule has 1 aliphatic heterocycles. The van der Waals surface area contributed by atoms with Crippen molar-refractivity contribution in [3.05, 3.63) is 16.1 Å². The summed E-state index contributed by atoms with van der Waals surface area (Å²) in [5.74, 6) is 0.792. The molecule has 0 aliphatic carbocycles. The Labute approximate surface area is 143 Å². The summed E-state index contributed by atoms with van der Waals surface area (Å²) in [5, 5.41) is 7.40. The molecular weight excluding hydrogens is 329 g/mol. The minimum atomic E-state index is -0.371. The largest absolute Gasteiger partial charge is 0.345 e. The smallest absolute Gasteiger partial charge is 0.220 e. The maximum Gasteiger partial charge on any atom is 0.220 e. The summed E-state index contributed by atoms with van der Waals surface area (Å²) < 4.78 is 0. The van der Waals surface area contributed by atoms with Gasteiger partial charge in [0.25, 0.3) is 0 Å². The topological polar surface area (TPSA) is 54.0 Å². The van der Waals surface area contributed by atoms with Gasteiger partial charge in [-0.3, -0.25) is 4.79 Å². The molecule has 0 radical (unpaired) electrons. The van der Waals surface area contributed by atoms with Crippen LogP contribution in [0.1, 0.15) is 43.0 Å². The minimum absolute atomic E-state index is 0. The number of carbonyl (C=O) groups is 1. The lowest BCUT2D eigenvalue weighted by Gasteiger charge is -2.24. The van der Waals surface area contributed by atoms with Gasteiger partial charge in [-0.15, -0.1) is 36.2 Å². The van der Waals surface area contributed by atoms with E-state index in [0.29, 0.717) is 12.3 Å². The second-order valence-corrected chi connectivity index (χ2v) is 7.08. The van der Waals surface area contributed by atoms with Crippen molar-refractivity contribution >= 4 is 42.1 Å². The first-order chi connectivity index (χ1) is 8.97. The van der Waals surface area contributed by atoms with Crippen LogP contribution in [0, 0.1) is 12.8 Å². The van der Waals surface area contributed by atoms with Gasteiger partial charge in [0.15, 0.2) is 0 Å². The monoisotopic (exact) mass is 353 g/mol. The van der Waals surface area contributed by atoms with Crippen LogP contribution in [0.25, 0.3) is 0 Å². The molecule has 0 aromatic carbocycles. The first-order valence-electron chi connectivity index (χ1n) is 6.92. The Bertz CT molecular complexity index is 445. The molecular formula is C14H25Cl2N3OS. The average Bonchev–Trinajstić information content (AvgIpc) is 2.96. The lowest BCUT2D eigenvalue weighted by atomic mass is 10.0. The molecule has 1 aromatic heterocycles. The van der Waals surface area contributed by atoms with Crippen molar-refractivity contribution in [1.29, 1.82) is 0 Å². The summed E-state index contributed by atoms with van der Waals surface area (Å²) >= 11 is 1.64. The van der Waals surface area contributed by atoms with Crippen molar-refractivity contribution in [3.8, 4) is 0 Å². The number of nitrogens with one attached hydrogen (secondary N) is 2. The fourth-order valence-corrected chi connectivity index (χ4v) is 3.23. The standard InChI is InChI=1S/C14H23N3OS.2ClH/c1-10-8-16-13(19-10)14(2,3)17-12(18)5-4-11-6-7-15-9-11;;/h8,11,15H,4-7,9H2,1-3H3,(H,17,18);2*1H. The van der Waals surface area contributed by atoms with Crippen LogP contribution >= 0.6 is 36.2 Å². The van der Waals surface area contributed by atoms with E-state index in [2.05, 4.69) is 15.6 Å². The summed E-state index contributed by atoms with van der Waals surface area (Å²) in [6.45, 7) is 8.21. The van der Waals surface area contributed by atoms with Crippen LogP contribution in [0.3, 0.4) is 0 Å². The molecule has 1 atom stereocenters. The number of amides is 1. The average molecular weight is 354 g/mol. The molecule has 0 saturated carbocycles. The summed E-state index contributed by atoms with van der Waals surface area (Å²) in [5.41, 5.74) is -0.371. The molecule has 2 heterocycles. The molecule has 0 spiro atoms. The first kappa shape index (κ1) is 20.6. The molecule has 1 aromatic rings. The normalized spacial score (nSPS) is 17.8. The van der Waals surface area contributed by atoms with Gasteiger partial charge < -0.3 is 10.6 Å². The number of hydrogen-bond acceptors (Lipinski definition) is 4. The van der Waals surface area contributed by atoms with Crippen molar-refractivity contribution in [2.75, 3.05) is 13.1 Å². The molecule has 4 nitrogen and oxygen atoms in total. The number of aromatic nitrogens is 1. The number of carbonyl (C=O) groups excluding carboxylic acids is 1. The van der Waals surface area contributed by atoms with Crippen molar-refractivity contribution in [2.45, 2.75) is 45.6 Å². The Hall–Kier alpha value is -0.360. The molecule has 21 heavy (non-hydrogen) atoms. The zero-order chi connectivity index (χ0) is 13.9. The van der Waals surface area contributed by atoms with Crippen molar-refractivity contribution in [2.24, 2.45) is 5.92 Å². The van der Waals surface area contributed by atoms with Crippen molar-refractivity contribution in [1.82, 2.24) is 15.6 Å². The molecule has 1 fully saturated rings. The van der Waals surface area contributed by atoms with E-state index in [1.54, 1.807) is 11.3 Å². The highest BCUT2D eigenvalue weighted by Crippen LogP contribution is 2.25. The van der Waals surface area contributed by atoms with E-state index in [1.165, 1.54) is 11.3 Å². The fourth-order valence-electron chi connectivity index (χ4n) is 2.40.